The molecule has 0 aromatic heterocycles. The quantitative estimate of drug-likeness (QED) is 0.269. The SMILES string of the molecule is C=CCOC(=N)C(O)C(=O)C=C. The molecular formula is C8H11NO3. The lowest BCUT2D eigenvalue weighted by molar-refractivity contribution is -0.119. The Labute approximate surface area is 70.7 Å². The third-order valence-corrected chi connectivity index (χ3v) is 1.08. The van der Waals surface area contributed by atoms with E-state index < -0.39 is 17.8 Å². The van der Waals surface area contributed by atoms with Crippen LogP contribution in [0.2, 0.25) is 0 Å². The molecule has 0 saturated carbocycles. The van der Waals surface area contributed by atoms with Crippen LogP contribution in [-0.4, -0.2) is 29.5 Å². The molecule has 0 rings (SSSR count). The molecule has 66 valence electrons. The van der Waals surface area contributed by atoms with Gasteiger partial charge in [0.1, 0.15) is 6.61 Å². The van der Waals surface area contributed by atoms with E-state index in [1.807, 2.05) is 0 Å². The maximum absolute atomic E-state index is 10.7. The molecule has 0 spiro atoms. The van der Waals surface area contributed by atoms with E-state index in [1.165, 1.54) is 6.08 Å². The number of aliphatic hydroxyl groups is 1. The standard InChI is InChI=1S/C8H11NO3/c1-3-5-12-8(9)7(11)6(10)4-2/h3-4,7,9,11H,1-2,5H2. The topological polar surface area (TPSA) is 70.4 Å². The van der Waals surface area contributed by atoms with Crippen molar-refractivity contribution in [3.63, 3.8) is 0 Å². The lowest BCUT2D eigenvalue weighted by Gasteiger charge is -2.08. The van der Waals surface area contributed by atoms with Crippen molar-refractivity contribution in [2.45, 2.75) is 6.10 Å². The van der Waals surface area contributed by atoms with E-state index in [2.05, 4.69) is 17.9 Å². The van der Waals surface area contributed by atoms with Crippen LogP contribution in [0.25, 0.3) is 0 Å². The van der Waals surface area contributed by atoms with E-state index in [1.54, 1.807) is 0 Å². The summed E-state index contributed by atoms with van der Waals surface area (Å²) in [4.78, 5) is 10.7. The molecule has 0 aliphatic rings. The summed E-state index contributed by atoms with van der Waals surface area (Å²) in [5.41, 5.74) is 0. The first kappa shape index (κ1) is 10.6. The van der Waals surface area contributed by atoms with Crippen molar-refractivity contribution in [3.05, 3.63) is 25.3 Å². The van der Waals surface area contributed by atoms with Crippen LogP contribution in [0.15, 0.2) is 25.3 Å². The fourth-order valence-electron chi connectivity index (χ4n) is 0.468. The van der Waals surface area contributed by atoms with Gasteiger partial charge in [-0.3, -0.25) is 10.2 Å². The molecule has 0 aliphatic heterocycles. The minimum atomic E-state index is -1.54. The molecule has 0 saturated heterocycles. The summed E-state index contributed by atoms with van der Waals surface area (Å²) in [5, 5.41) is 16.1. The molecule has 1 atom stereocenters. The number of aliphatic hydroxyl groups excluding tert-OH is 1. The van der Waals surface area contributed by atoms with Gasteiger partial charge in [-0.1, -0.05) is 19.2 Å². The Balaban J connectivity index is 4.00. The van der Waals surface area contributed by atoms with E-state index in [9.17, 15) is 4.79 Å². The number of ether oxygens (including phenoxy) is 1. The highest BCUT2D eigenvalue weighted by Gasteiger charge is 2.18. The summed E-state index contributed by atoms with van der Waals surface area (Å²) in [5.74, 6) is -1.14. The van der Waals surface area contributed by atoms with Gasteiger partial charge in [-0.2, -0.15) is 0 Å². The molecule has 2 N–H and O–H groups in total. The monoisotopic (exact) mass is 169 g/mol. The van der Waals surface area contributed by atoms with E-state index in [0.717, 1.165) is 6.08 Å². The molecule has 4 heteroatoms. The lowest BCUT2D eigenvalue weighted by Crippen LogP contribution is -2.29. The van der Waals surface area contributed by atoms with Crippen LogP contribution in [-0.2, 0) is 9.53 Å². The van der Waals surface area contributed by atoms with Crippen LogP contribution in [0.1, 0.15) is 0 Å². The van der Waals surface area contributed by atoms with Gasteiger partial charge in [0.2, 0.25) is 5.90 Å². The molecule has 0 fully saturated rings. The zero-order chi connectivity index (χ0) is 9.56. The molecular weight excluding hydrogens is 158 g/mol. The van der Waals surface area contributed by atoms with Crippen molar-refractivity contribution in [2.75, 3.05) is 6.61 Å². The summed E-state index contributed by atoms with van der Waals surface area (Å²) in [6.07, 6.45) is 0.818. The molecule has 0 aromatic rings. The minimum absolute atomic E-state index is 0.0975. The summed E-state index contributed by atoms with van der Waals surface area (Å²) in [6.45, 7) is 6.61. The number of nitrogens with one attached hydrogen (secondary N) is 1. The smallest absolute Gasteiger partial charge is 0.218 e. The van der Waals surface area contributed by atoms with E-state index in [4.69, 9.17) is 10.5 Å². The Morgan fingerprint density at radius 2 is 2.25 bits per heavy atom. The number of hydrogen-bond donors (Lipinski definition) is 2. The van der Waals surface area contributed by atoms with E-state index in [-0.39, 0.29) is 6.61 Å². The highest BCUT2D eigenvalue weighted by Crippen LogP contribution is 1.92. The minimum Gasteiger partial charge on any atom is -0.475 e. The van der Waals surface area contributed by atoms with Crippen LogP contribution >= 0.6 is 0 Å². The molecule has 0 aliphatic carbocycles. The molecule has 0 radical (unpaired) electrons. The average molecular weight is 169 g/mol. The van der Waals surface area contributed by atoms with Crippen molar-refractivity contribution < 1.29 is 14.6 Å². The maximum Gasteiger partial charge on any atom is 0.218 e. The Bertz CT molecular complexity index is 210. The van der Waals surface area contributed by atoms with Gasteiger partial charge in [0.15, 0.2) is 11.9 Å². The normalized spacial score (nSPS) is 11.4. The second kappa shape index (κ2) is 5.26. The van der Waals surface area contributed by atoms with Crippen LogP contribution < -0.4 is 0 Å². The predicted molar refractivity (Wildman–Crippen MR) is 45.1 cm³/mol. The third-order valence-electron chi connectivity index (χ3n) is 1.08. The first-order valence-electron chi connectivity index (χ1n) is 3.30. The van der Waals surface area contributed by atoms with Crippen LogP contribution in [0, 0.1) is 5.41 Å². The van der Waals surface area contributed by atoms with Crippen LogP contribution in [0.3, 0.4) is 0 Å². The zero-order valence-corrected chi connectivity index (χ0v) is 6.62. The zero-order valence-electron chi connectivity index (χ0n) is 6.62. The molecule has 0 bridgehead atoms. The first-order chi connectivity index (χ1) is 5.63. The van der Waals surface area contributed by atoms with Gasteiger partial charge in [-0.25, -0.2) is 0 Å². The molecule has 0 aromatic carbocycles. The molecule has 0 amide bonds. The number of carbonyl (C=O) groups excluding carboxylic acids is 1. The summed E-state index contributed by atoms with van der Waals surface area (Å²) < 4.78 is 4.62. The van der Waals surface area contributed by atoms with Crippen LogP contribution in [0.5, 0.6) is 0 Å². The summed E-state index contributed by atoms with van der Waals surface area (Å²) in [7, 11) is 0. The van der Waals surface area contributed by atoms with E-state index >= 15 is 0 Å². The summed E-state index contributed by atoms with van der Waals surface area (Å²) >= 11 is 0. The second-order valence-electron chi connectivity index (χ2n) is 1.97. The highest BCUT2D eigenvalue weighted by atomic mass is 16.5. The molecule has 12 heavy (non-hydrogen) atoms. The van der Waals surface area contributed by atoms with Gasteiger partial charge in [-0.15, -0.1) is 0 Å². The summed E-state index contributed by atoms with van der Waals surface area (Å²) in [6, 6.07) is 0. The number of hydrogen-bond acceptors (Lipinski definition) is 4. The van der Waals surface area contributed by atoms with Gasteiger partial charge in [0.25, 0.3) is 0 Å². The number of rotatable bonds is 5. The highest BCUT2D eigenvalue weighted by molar-refractivity contribution is 6.07. The Hall–Kier alpha value is -1.42. The second-order valence-corrected chi connectivity index (χ2v) is 1.97. The number of ketones is 1. The van der Waals surface area contributed by atoms with Crippen molar-refractivity contribution in [3.8, 4) is 0 Å². The van der Waals surface area contributed by atoms with Crippen molar-refractivity contribution >= 4 is 11.7 Å². The molecule has 1 unspecified atom stereocenters. The molecule has 0 heterocycles. The predicted octanol–water partition coefficient (Wildman–Crippen LogP) is 0.282. The van der Waals surface area contributed by atoms with Crippen molar-refractivity contribution in [2.24, 2.45) is 0 Å². The van der Waals surface area contributed by atoms with Crippen LogP contribution in [0.4, 0.5) is 0 Å². The fraction of sp³-hybridized carbons (Fsp3) is 0.250. The largest absolute Gasteiger partial charge is 0.475 e. The van der Waals surface area contributed by atoms with Gasteiger partial charge in [-0.05, 0) is 6.08 Å². The Kier molecular flexibility index (Phi) is 4.64. The lowest BCUT2D eigenvalue weighted by atomic mass is 10.2. The third kappa shape index (κ3) is 3.12. The molecule has 4 nitrogen and oxygen atoms in total. The first-order valence-corrected chi connectivity index (χ1v) is 3.30. The van der Waals surface area contributed by atoms with Gasteiger partial charge >= 0.3 is 0 Å². The van der Waals surface area contributed by atoms with Crippen molar-refractivity contribution in [1.29, 1.82) is 5.41 Å². The fourth-order valence-corrected chi connectivity index (χ4v) is 0.468. The average Bonchev–Trinajstić information content (AvgIpc) is 2.11. The van der Waals surface area contributed by atoms with Gasteiger partial charge < -0.3 is 9.84 Å². The Morgan fingerprint density at radius 3 is 2.67 bits per heavy atom. The Morgan fingerprint density at radius 1 is 1.67 bits per heavy atom. The van der Waals surface area contributed by atoms with E-state index in [0.29, 0.717) is 0 Å². The van der Waals surface area contributed by atoms with Crippen molar-refractivity contribution in [1.82, 2.24) is 0 Å². The van der Waals surface area contributed by atoms with Gasteiger partial charge in [0, 0.05) is 0 Å². The maximum atomic E-state index is 10.7. The van der Waals surface area contributed by atoms with Gasteiger partial charge in [0.05, 0.1) is 0 Å². The number of carbonyl (C=O) groups is 1.